The summed E-state index contributed by atoms with van der Waals surface area (Å²) in [5.74, 6) is 0.708. The highest BCUT2D eigenvalue weighted by Gasteiger charge is 2.06. The third-order valence-corrected chi connectivity index (χ3v) is 3.91. The fourth-order valence-electron chi connectivity index (χ4n) is 1.54. The van der Waals surface area contributed by atoms with Gasteiger partial charge in [-0.05, 0) is 47.2 Å². The van der Waals surface area contributed by atoms with E-state index in [0.717, 1.165) is 19.3 Å². The summed E-state index contributed by atoms with van der Waals surface area (Å²) in [6.45, 7) is 4.45. The Morgan fingerprint density at radius 1 is 1.50 bits per heavy atom. The predicted octanol–water partition coefficient (Wildman–Crippen LogP) is 3.82. The minimum Gasteiger partial charge on any atom is -0.328 e. The molecule has 0 radical (unpaired) electrons. The molecule has 1 aromatic rings. The molecule has 1 nitrogen and oxygen atoms in total. The molecule has 0 saturated heterocycles. The summed E-state index contributed by atoms with van der Waals surface area (Å²) in [4.78, 5) is 1.43. The van der Waals surface area contributed by atoms with Crippen molar-refractivity contribution in [2.45, 2.75) is 39.2 Å². The van der Waals surface area contributed by atoms with E-state index in [1.54, 1.807) is 0 Å². The molecule has 0 amide bonds. The Morgan fingerprint density at radius 2 is 2.21 bits per heavy atom. The molecule has 0 fully saturated rings. The molecule has 1 unspecified atom stereocenters. The molecule has 0 aliphatic rings. The van der Waals surface area contributed by atoms with Gasteiger partial charge < -0.3 is 5.73 Å². The Labute approximate surface area is 98.8 Å². The van der Waals surface area contributed by atoms with Crippen LogP contribution in [0.3, 0.4) is 0 Å². The molecule has 1 rings (SSSR count). The van der Waals surface area contributed by atoms with E-state index in [2.05, 4.69) is 41.2 Å². The van der Waals surface area contributed by atoms with Crippen LogP contribution in [-0.4, -0.2) is 6.04 Å². The lowest BCUT2D eigenvalue weighted by Crippen LogP contribution is -2.22. The first-order valence-electron chi connectivity index (χ1n) is 5.06. The summed E-state index contributed by atoms with van der Waals surface area (Å²) in [6.07, 6.45) is 3.35. The van der Waals surface area contributed by atoms with E-state index in [4.69, 9.17) is 5.73 Å². The standard InChI is InChI=1S/C11H18BrNS/c1-8(2)5-10(13)3-4-11-6-9(12)7-14-11/h6-8,10H,3-5,13H2,1-2H3. The van der Waals surface area contributed by atoms with Crippen LogP contribution in [0.5, 0.6) is 0 Å². The van der Waals surface area contributed by atoms with Crippen molar-refractivity contribution in [2.24, 2.45) is 11.7 Å². The quantitative estimate of drug-likeness (QED) is 0.869. The largest absolute Gasteiger partial charge is 0.328 e. The van der Waals surface area contributed by atoms with Crippen LogP contribution in [0.1, 0.15) is 31.6 Å². The number of halogens is 1. The second kappa shape index (κ2) is 5.89. The second-order valence-electron chi connectivity index (χ2n) is 4.16. The Bertz CT molecular complexity index is 270. The fraction of sp³-hybridized carbons (Fsp3) is 0.636. The van der Waals surface area contributed by atoms with Crippen LogP contribution in [0.4, 0.5) is 0 Å². The van der Waals surface area contributed by atoms with Gasteiger partial charge >= 0.3 is 0 Å². The van der Waals surface area contributed by atoms with Crippen molar-refractivity contribution in [1.29, 1.82) is 0 Å². The molecule has 0 aliphatic carbocycles. The number of thiophene rings is 1. The van der Waals surface area contributed by atoms with Crippen molar-refractivity contribution < 1.29 is 0 Å². The van der Waals surface area contributed by atoms with E-state index < -0.39 is 0 Å². The van der Waals surface area contributed by atoms with Gasteiger partial charge in [-0.25, -0.2) is 0 Å². The van der Waals surface area contributed by atoms with Crippen LogP contribution >= 0.6 is 27.3 Å². The summed E-state index contributed by atoms with van der Waals surface area (Å²) in [5, 5.41) is 2.13. The topological polar surface area (TPSA) is 26.0 Å². The molecule has 2 N–H and O–H groups in total. The highest BCUT2D eigenvalue weighted by molar-refractivity contribution is 9.10. The van der Waals surface area contributed by atoms with Crippen molar-refractivity contribution in [3.63, 3.8) is 0 Å². The van der Waals surface area contributed by atoms with Gasteiger partial charge in [-0.2, -0.15) is 0 Å². The number of aryl methyl sites for hydroxylation is 1. The van der Waals surface area contributed by atoms with E-state index in [-0.39, 0.29) is 0 Å². The molecule has 0 saturated carbocycles. The van der Waals surface area contributed by atoms with E-state index in [0.29, 0.717) is 12.0 Å². The van der Waals surface area contributed by atoms with Crippen molar-refractivity contribution >= 4 is 27.3 Å². The van der Waals surface area contributed by atoms with Crippen LogP contribution in [0, 0.1) is 5.92 Å². The zero-order chi connectivity index (χ0) is 10.6. The lowest BCUT2D eigenvalue weighted by Gasteiger charge is -2.12. The summed E-state index contributed by atoms with van der Waals surface area (Å²) >= 11 is 5.27. The van der Waals surface area contributed by atoms with Crippen LogP contribution in [0.2, 0.25) is 0 Å². The molecule has 3 heteroatoms. The third kappa shape index (κ3) is 4.58. The highest BCUT2D eigenvalue weighted by Crippen LogP contribution is 2.21. The third-order valence-electron chi connectivity index (χ3n) is 2.16. The van der Waals surface area contributed by atoms with Gasteiger partial charge in [0.05, 0.1) is 0 Å². The van der Waals surface area contributed by atoms with Crippen molar-refractivity contribution in [1.82, 2.24) is 0 Å². The molecule has 1 heterocycles. The fourth-order valence-corrected chi connectivity index (χ4v) is 3.01. The van der Waals surface area contributed by atoms with Gasteiger partial charge in [-0.1, -0.05) is 13.8 Å². The van der Waals surface area contributed by atoms with Gasteiger partial charge in [-0.15, -0.1) is 11.3 Å². The predicted molar refractivity (Wildman–Crippen MR) is 67.8 cm³/mol. The summed E-state index contributed by atoms with van der Waals surface area (Å²) in [5.41, 5.74) is 6.02. The molecule has 1 atom stereocenters. The molecule has 80 valence electrons. The monoisotopic (exact) mass is 275 g/mol. The zero-order valence-corrected chi connectivity index (χ0v) is 11.2. The minimum absolute atomic E-state index is 0.357. The van der Waals surface area contributed by atoms with Gasteiger partial charge in [0.1, 0.15) is 0 Å². The van der Waals surface area contributed by atoms with Crippen LogP contribution in [0.15, 0.2) is 15.9 Å². The van der Waals surface area contributed by atoms with Crippen molar-refractivity contribution in [2.75, 3.05) is 0 Å². The Balaban J connectivity index is 2.26. The average Bonchev–Trinajstić information content (AvgIpc) is 2.47. The van der Waals surface area contributed by atoms with Gasteiger partial charge in [0.2, 0.25) is 0 Å². The number of hydrogen-bond donors (Lipinski definition) is 1. The lowest BCUT2D eigenvalue weighted by molar-refractivity contribution is 0.474. The SMILES string of the molecule is CC(C)CC(N)CCc1cc(Br)cs1. The maximum atomic E-state index is 6.02. The molecule has 0 aliphatic heterocycles. The van der Waals surface area contributed by atoms with Crippen LogP contribution in [0.25, 0.3) is 0 Å². The molecule has 0 spiro atoms. The van der Waals surface area contributed by atoms with Gasteiger partial charge in [0, 0.05) is 20.8 Å². The van der Waals surface area contributed by atoms with E-state index in [1.807, 2.05) is 11.3 Å². The molecular formula is C11H18BrNS. The number of nitrogens with two attached hydrogens (primary N) is 1. The maximum absolute atomic E-state index is 6.02. The summed E-state index contributed by atoms with van der Waals surface area (Å²) in [7, 11) is 0. The summed E-state index contributed by atoms with van der Waals surface area (Å²) < 4.78 is 1.19. The van der Waals surface area contributed by atoms with E-state index in [1.165, 1.54) is 9.35 Å². The normalized spacial score (nSPS) is 13.5. The maximum Gasteiger partial charge on any atom is 0.0285 e. The Kier molecular flexibility index (Phi) is 5.13. The van der Waals surface area contributed by atoms with Crippen LogP contribution < -0.4 is 5.73 Å². The smallest absolute Gasteiger partial charge is 0.0285 e. The Hall–Kier alpha value is 0.140. The number of hydrogen-bond acceptors (Lipinski definition) is 2. The Morgan fingerprint density at radius 3 is 2.71 bits per heavy atom. The van der Waals surface area contributed by atoms with Crippen molar-refractivity contribution in [3.8, 4) is 0 Å². The number of rotatable bonds is 5. The lowest BCUT2D eigenvalue weighted by atomic mass is 10.0. The first-order chi connectivity index (χ1) is 6.58. The zero-order valence-electron chi connectivity index (χ0n) is 8.79. The van der Waals surface area contributed by atoms with Crippen molar-refractivity contribution in [3.05, 3.63) is 20.8 Å². The molecule has 1 aromatic heterocycles. The second-order valence-corrected chi connectivity index (χ2v) is 6.07. The molecule has 0 aromatic carbocycles. The first kappa shape index (κ1) is 12.2. The highest BCUT2D eigenvalue weighted by atomic mass is 79.9. The molecule has 14 heavy (non-hydrogen) atoms. The van der Waals surface area contributed by atoms with E-state index in [9.17, 15) is 0 Å². The van der Waals surface area contributed by atoms with Gasteiger partial charge in [0.25, 0.3) is 0 Å². The first-order valence-corrected chi connectivity index (χ1v) is 6.73. The minimum atomic E-state index is 0.357. The molecule has 0 bridgehead atoms. The summed E-state index contributed by atoms with van der Waals surface area (Å²) in [6, 6.07) is 2.54. The van der Waals surface area contributed by atoms with Gasteiger partial charge in [-0.3, -0.25) is 0 Å². The average molecular weight is 276 g/mol. The van der Waals surface area contributed by atoms with E-state index >= 15 is 0 Å². The van der Waals surface area contributed by atoms with Crippen LogP contribution in [-0.2, 0) is 6.42 Å². The van der Waals surface area contributed by atoms with Gasteiger partial charge in [0.15, 0.2) is 0 Å². The molecular weight excluding hydrogens is 258 g/mol.